The third kappa shape index (κ3) is 1.30. The van der Waals surface area contributed by atoms with Gasteiger partial charge in [0, 0.05) is 6.42 Å². The number of anilines is 1. The highest BCUT2D eigenvalue weighted by Gasteiger charge is 2.36. The van der Waals surface area contributed by atoms with Crippen LogP contribution in [0.15, 0.2) is 29.4 Å². The molecule has 2 heterocycles. The highest BCUT2D eigenvalue weighted by molar-refractivity contribution is 6.02. The molecule has 0 aromatic heterocycles. The van der Waals surface area contributed by atoms with E-state index in [2.05, 4.69) is 5.16 Å². The van der Waals surface area contributed by atoms with Crippen LogP contribution in [0.3, 0.4) is 0 Å². The number of rotatable bonds is 1. The molecule has 3 rings (SSSR count). The van der Waals surface area contributed by atoms with Crippen LogP contribution >= 0.6 is 0 Å². The lowest BCUT2D eigenvalue weighted by molar-refractivity contribution is -0.119. The Bertz CT molecular complexity index is 482. The van der Waals surface area contributed by atoms with E-state index < -0.39 is 0 Å². The van der Waals surface area contributed by atoms with Gasteiger partial charge in [-0.3, -0.25) is 9.69 Å². The van der Waals surface area contributed by atoms with Crippen molar-refractivity contribution < 1.29 is 9.63 Å². The minimum Gasteiger partial charge on any atom is -0.370 e. The molecule has 2 aliphatic heterocycles. The number of nitrogens with zero attached hydrogens (tertiary/aromatic N) is 2. The van der Waals surface area contributed by atoms with Crippen molar-refractivity contribution in [3.63, 3.8) is 0 Å². The largest absolute Gasteiger partial charge is 0.370 e. The molecule has 0 aliphatic carbocycles. The van der Waals surface area contributed by atoms with E-state index in [1.807, 2.05) is 31.2 Å². The van der Waals surface area contributed by atoms with Crippen molar-refractivity contribution in [1.82, 2.24) is 0 Å². The van der Waals surface area contributed by atoms with Crippen molar-refractivity contribution in [2.75, 3.05) is 4.90 Å². The average molecular weight is 216 g/mol. The highest BCUT2D eigenvalue weighted by atomic mass is 16.7. The molecule has 1 amide bonds. The predicted molar refractivity (Wildman–Crippen MR) is 60.2 cm³/mol. The van der Waals surface area contributed by atoms with E-state index in [0.29, 0.717) is 12.8 Å². The van der Waals surface area contributed by atoms with Gasteiger partial charge in [0.05, 0.1) is 17.8 Å². The molecule has 4 nitrogen and oxygen atoms in total. The number of hydrogen-bond donors (Lipinski definition) is 0. The SMILES string of the molecule is CC1=NOC(N2C(=O)Cc3ccccc32)C1. The Morgan fingerprint density at radius 1 is 1.44 bits per heavy atom. The van der Waals surface area contributed by atoms with E-state index in [0.717, 1.165) is 17.0 Å². The maximum Gasteiger partial charge on any atom is 0.234 e. The number of benzene rings is 1. The Hall–Kier alpha value is -1.84. The first-order valence-electron chi connectivity index (χ1n) is 5.35. The number of oxime groups is 1. The lowest BCUT2D eigenvalue weighted by Crippen LogP contribution is -2.37. The molecule has 0 spiro atoms. The van der Waals surface area contributed by atoms with E-state index in [9.17, 15) is 4.79 Å². The number of hydrogen-bond acceptors (Lipinski definition) is 3. The van der Waals surface area contributed by atoms with Crippen LogP contribution in [0.1, 0.15) is 18.9 Å². The fraction of sp³-hybridized carbons (Fsp3) is 0.333. The Kier molecular flexibility index (Phi) is 1.96. The second kappa shape index (κ2) is 3.33. The molecule has 2 aliphatic rings. The van der Waals surface area contributed by atoms with E-state index in [1.165, 1.54) is 0 Å². The van der Waals surface area contributed by atoms with Crippen LogP contribution < -0.4 is 4.90 Å². The molecule has 0 fully saturated rings. The Morgan fingerprint density at radius 2 is 2.25 bits per heavy atom. The van der Waals surface area contributed by atoms with Gasteiger partial charge in [-0.15, -0.1) is 0 Å². The maximum atomic E-state index is 11.9. The van der Waals surface area contributed by atoms with Gasteiger partial charge in [-0.25, -0.2) is 0 Å². The predicted octanol–water partition coefficient (Wildman–Crippen LogP) is 1.70. The summed E-state index contributed by atoms with van der Waals surface area (Å²) in [6.45, 7) is 1.91. The van der Waals surface area contributed by atoms with Crippen molar-refractivity contribution >= 4 is 17.3 Å². The topological polar surface area (TPSA) is 41.9 Å². The quantitative estimate of drug-likeness (QED) is 0.717. The third-order valence-electron chi connectivity index (χ3n) is 2.95. The minimum atomic E-state index is -0.254. The number of fused-ring (bicyclic) bond motifs is 1. The standard InChI is InChI=1S/C12H12N2O2/c1-8-6-12(16-13-8)14-10-5-3-2-4-9(10)7-11(14)15/h2-5,12H,6-7H2,1H3. The second-order valence-corrected chi connectivity index (χ2v) is 4.16. The van der Waals surface area contributed by atoms with E-state index in [1.54, 1.807) is 4.90 Å². The minimum absolute atomic E-state index is 0.0936. The smallest absolute Gasteiger partial charge is 0.234 e. The molecule has 16 heavy (non-hydrogen) atoms. The molecule has 0 radical (unpaired) electrons. The van der Waals surface area contributed by atoms with Crippen LogP contribution in [0.4, 0.5) is 5.69 Å². The Balaban J connectivity index is 1.94. The normalized spacial score (nSPS) is 23.1. The Labute approximate surface area is 93.5 Å². The van der Waals surface area contributed by atoms with Gasteiger partial charge in [0.15, 0.2) is 0 Å². The summed E-state index contributed by atoms with van der Waals surface area (Å²) in [6, 6.07) is 7.83. The molecule has 0 saturated carbocycles. The zero-order valence-corrected chi connectivity index (χ0v) is 9.01. The number of carbonyl (C=O) groups excluding carboxylic acids is 1. The summed E-state index contributed by atoms with van der Waals surface area (Å²) in [6.07, 6.45) is 0.908. The second-order valence-electron chi connectivity index (χ2n) is 4.16. The van der Waals surface area contributed by atoms with E-state index in [4.69, 9.17) is 4.84 Å². The summed E-state index contributed by atoms with van der Waals surface area (Å²) in [7, 11) is 0. The van der Waals surface area contributed by atoms with Gasteiger partial charge < -0.3 is 4.84 Å². The van der Waals surface area contributed by atoms with Crippen LogP contribution in [0.5, 0.6) is 0 Å². The molecule has 1 atom stereocenters. The van der Waals surface area contributed by atoms with Crippen LogP contribution in [0.2, 0.25) is 0 Å². The van der Waals surface area contributed by atoms with Crippen molar-refractivity contribution in [3.8, 4) is 0 Å². The number of carbonyl (C=O) groups is 1. The first kappa shape index (κ1) is 9.39. The van der Waals surface area contributed by atoms with Gasteiger partial charge in [0.1, 0.15) is 0 Å². The van der Waals surface area contributed by atoms with Gasteiger partial charge in [-0.05, 0) is 18.6 Å². The molecule has 0 saturated heterocycles. The highest BCUT2D eigenvalue weighted by Crippen LogP contribution is 2.32. The molecule has 1 aromatic rings. The Morgan fingerprint density at radius 3 is 3.00 bits per heavy atom. The van der Waals surface area contributed by atoms with Crippen LogP contribution in [0.25, 0.3) is 0 Å². The van der Waals surface area contributed by atoms with Crippen LogP contribution in [-0.2, 0) is 16.1 Å². The zero-order chi connectivity index (χ0) is 11.1. The van der Waals surface area contributed by atoms with Gasteiger partial charge in [-0.2, -0.15) is 0 Å². The molecule has 4 heteroatoms. The zero-order valence-electron chi connectivity index (χ0n) is 9.01. The van der Waals surface area contributed by atoms with Crippen LogP contribution in [0, 0.1) is 0 Å². The number of para-hydroxylation sites is 1. The summed E-state index contributed by atoms with van der Waals surface area (Å²) >= 11 is 0. The lowest BCUT2D eigenvalue weighted by atomic mass is 10.2. The fourth-order valence-corrected chi connectivity index (χ4v) is 2.21. The maximum absolute atomic E-state index is 11.9. The third-order valence-corrected chi connectivity index (χ3v) is 2.95. The lowest BCUT2D eigenvalue weighted by Gasteiger charge is -2.22. The molecule has 1 aromatic carbocycles. The first-order valence-corrected chi connectivity index (χ1v) is 5.35. The van der Waals surface area contributed by atoms with Gasteiger partial charge in [0.25, 0.3) is 0 Å². The summed E-state index contributed by atoms with van der Waals surface area (Å²) in [4.78, 5) is 18.9. The summed E-state index contributed by atoms with van der Waals surface area (Å²) in [5.74, 6) is 0.0936. The fourth-order valence-electron chi connectivity index (χ4n) is 2.21. The van der Waals surface area contributed by atoms with Crippen LogP contribution in [-0.4, -0.2) is 17.8 Å². The number of amides is 1. The van der Waals surface area contributed by atoms with Crippen molar-refractivity contribution in [2.45, 2.75) is 26.0 Å². The molecule has 82 valence electrons. The molecule has 0 N–H and O–H groups in total. The molecular formula is C12H12N2O2. The van der Waals surface area contributed by atoms with Crippen molar-refractivity contribution in [3.05, 3.63) is 29.8 Å². The van der Waals surface area contributed by atoms with E-state index in [-0.39, 0.29) is 12.1 Å². The first-order chi connectivity index (χ1) is 7.75. The molecular weight excluding hydrogens is 204 g/mol. The summed E-state index contributed by atoms with van der Waals surface area (Å²) < 4.78 is 0. The molecule has 1 unspecified atom stereocenters. The van der Waals surface area contributed by atoms with E-state index >= 15 is 0 Å². The van der Waals surface area contributed by atoms with Gasteiger partial charge in [-0.1, -0.05) is 23.4 Å². The summed E-state index contributed by atoms with van der Waals surface area (Å²) in [5, 5.41) is 3.89. The van der Waals surface area contributed by atoms with Crippen molar-refractivity contribution in [1.29, 1.82) is 0 Å². The van der Waals surface area contributed by atoms with Gasteiger partial charge >= 0.3 is 0 Å². The van der Waals surface area contributed by atoms with Gasteiger partial charge in [0.2, 0.25) is 12.1 Å². The monoisotopic (exact) mass is 216 g/mol. The summed E-state index contributed by atoms with van der Waals surface area (Å²) in [5.41, 5.74) is 2.96. The van der Waals surface area contributed by atoms with Crippen molar-refractivity contribution in [2.24, 2.45) is 5.16 Å². The average Bonchev–Trinajstić information content (AvgIpc) is 2.80. The molecule has 0 bridgehead atoms.